The first kappa shape index (κ1) is 15.5. The second-order valence-electron chi connectivity index (χ2n) is 6.35. The minimum atomic E-state index is -0.0522. The monoisotopic (exact) mass is 321 g/mol. The largest absolute Gasteiger partial charge is 0.351 e. The van der Waals surface area contributed by atoms with Crippen molar-refractivity contribution in [2.24, 2.45) is 0 Å². The van der Waals surface area contributed by atoms with Crippen molar-refractivity contribution in [3.8, 4) is 0 Å². The average molecular weight is 321 g/mol. The molecule has 1 aromatic rings. The van der Waals surface area contributed by atoms with Crippen molar-refractivity contribution in [1.82, 2.24) is 15.5 Å². The summed E-state index contributed by atoms with van der Waals surface area (Å²) in [7, 11) is 1.92. The van der Waals surface area contributed by atoms with Crippen molar-refractivity contribution < 1.29 is 9.59 Å². The lowest BCUT2D eigenvalue weighted by Crippen LogP contribution is -2.48. The number of carbonyl (C=O) groups excluding carboxylic acids is 2. The molecule has 22 heavy (non-hydrogen) atoms. The Kier molecular flexibility index (Phi) is 4.49. The van der Waals surface area contributed by atoms with Gasteiger partial charge >= 0.3 is 0 Å². The molecule has 2 bridgehead atoms. The first-order valence-corrected chi connectivity index (χ1v) is 8.71. The third-order valence-electron chi connectivity index (χ3n) is 4.70. The third-order valence-corrected chi connectivity index (χ3v) is 5.77. The molecule has 2 aliphatic rings. The predicted molar refractivity (Wildman–Crippen MR) is 86.9 cm³/mol. The summed E-state index contributed by atoms with van der Waals surface area (Å²) in [6.45, 7) is 1.99. The Hall–Kier alpha value is -1.40. The van der Waals surface area contributed by atoms with E-state index in [2.05, 4.69) is 10.6 Å². The van der Waals surface area contributed by atoms with Crippen LogP contribution in [0.1, 0.15) is 47.2 Å². The number of amides is 2. The highest BCUT2D eigenvalue weighted by Crippen LogP contribution is 2.30. The van der Waals surface area contributed by atoms with E-state index in [9.17, 15) is 9.59 Å². The predicted octanol–water partition coefficient (Wildman–Crippen LogP) is 1.74. The molecule has 0 spiro atoms. The standard InChI is InChI=1S/C16H23N3O2S/c1-10(20)17-9-14-5-6-15(22-14)16(21)19(2)13-7-11-3-4-12(8-13)18-11/h5-6,11-13,18H,3-4,7-9H2,1-2H3,(H,17,20). The van der Waals surface area contributed by atoms with Crippen molar-refractivity contribution in [3.63, 3.8) is 0 Å². The summed E-state index contributed by atoms with van der Waals surface area (Å²) in [6.07, 6.45) is 4.60. The van der Waals surface area contributed by atoms with E-state index in [1.165, 1.54) is 31.1 Å². The first-order valence-electron chi connectivity index (χ1n) is 7.89. The lowest BCUT2D eigenvalue weighted by atomic mass is 9.98. The molecule has 3 heterocycles. The molecule has 0 radical (unpaired) electrons. The van der Waals surface area contributed by atoms with Crippen LogP contribution in [0.25, 0.3) is 0 Å². The molecule has 120 valence electrons. The number of hydrogen-bond donors (Lipinski definition) is 2. The topological polar surface area (TPSA) is 61.4 Å². The number of nitrogens with zero attached hydrogens (tertiary/aromatic N) is 1. The maximum atomic E-state index is 12.7. The molecule has 2 aliphatic heterocycles. The van der Waals surface area contributed by atoms with Gasteiger partial charge < -0.3 is 15.5 Å². The van der Waals surface area contributed by atoms with Gasteiger partial charge in [-0.25, -0.2) is 0 Å². The van der Waals surface area contributed by atoms with Crippen molar-refractivity contribution in [2.45, 2.75) is 57.3 Å². The Bertz CT molecular complexity index is 559. The highest BCUT2D eigenvalue weighted by Gasteiger charge is 2.36. The Morgan fingerprint density at radius 3 is 2.64 bits per heavy atom. The van der Waals surface area contributed by atoms with Crippen LogP contribution in [0.2, 0.25) is 0 Å². The number of fused-ring (bicyclic) bond motifs is 2. The second kappa shape index (κ2) is 6.38. The maximum Gasteiger partial charge on any atom is 0.263 e. The number of carbonyl (C=O) groups is 2. The van der Waals surface area contributed by atoms with Gasteiger partial charge in [-0.2, -0.15) is 0 Å². The second-order valence-corrected chi connectivity index (χ2v) is 7.52. The molecule has 6 heteroatoms. The molecule has 3 rings (SSSR count). The van der Waals surface area contributed by atoms with Crippen LogP contribution in [0, 0.1) is 0 Å². The Morgan fingerprint density at radius 1 is 1.32 bits per heavy atom. The summed E-state index contributed by atoms with van der Waals surface area (Å²) in [4.78, 5) is 27.3. The zero-order valence-corrected chi connectivity index (χ0v) is 13.9. The number of thiophene rings is 1. The fourth-order valence-electron chi connectivity index (χ4n) is 3.48. The number of piperidine rings is 1. The number of nitrogens with one attached hydrogen (secondary N) is 2. The number of hydrogen-bond acceptors (Lipinski definition) is 4. The highest BCUT2D eigenvalue weighted by atomic mass is 32.1. The van der Waals surface area contributed by atoms with Crippen LogP contribution >= 0.6 is 11.3 Å². The van der Waals surface area contributed by atoms with Gasteiger partial charge in [-0.3, -0.25) is 9.59 Å². The maximum absolute atomic E-state index is 12.7. The van der Waals surface area contributed by atoms with E-state index in [1.807, 2.05) is 24.1 Å². The van der Waals surface area contributed by atoms with Crippen LogP contribution in [0.15, 0.2) is 12.1 Å². The summed E-state index contributed by atoms with van der Waals surface area (Å²) >= 11 is 1.47. The van der Waals surface area contributed by atoms with E-state index in [-0.39, 0.29) is 11.8 Å². The van der Waals surface area contributed by atoms with E-state index in [4.69, 9.17) is 0 Å². The van der Waals surface area contributed by atoms with Gasteiger partial charge in [-0.1, -0.05) is 0 Å². The summed E-state index contributed by atoms with van der Waals surface area (Å²) in [5.74, 6) is 0.0500. The van der Waals surface area contributed by atoms with E-state index in [1.54, 1.807) is 0 Å². The zero-order chi connectivity index (χ0) is 15.7. The third kappa shape index (κ3) is 3.33. The minimum absolute atomic E-state index is 0.0522. The van der Waals surface area contributed by atoms with Crippen molar-refractivity contribution in [1.29, 1.82) is 0 Å². The van der Waals surface area contributed by atoms with Gasteiger partial charge in [0.25, 0.3) is 5.91 Å². The molecule has 1 aromatic heterocycles. The molecule has 0 aromatic carbocycles. The molecule has 2 amide bonds. The first-order chi connectivity index (χ1) is 10.5. The fraction of sp³-hybridized carbons (Fsp3) is 0.625. The summed E-state index contributed by atoms with van der Waals surface area (Å²) in [5, 5.41) is 6.37. The Labute approximate surface area is 135 Å². The molecule has 0 saturated carbocycles. The number of rotatable bonds is 4. The molecule has 2 N–H and O–H groups in total. The van der Waals surface area contributed by atoms with Crippen LogP contribution in [-0.4, -0.2) is 41.9 Å². The van der Waals surface area contributed by atoms with Crippen molar-refractivity contribution >= 4 is 23.2 Å². The van der Waals surface area contributed by atoms with Crippen LogP contribution in [0.5, 0.6) is 0 Å². The van der Waals surface area contributed by atoms with Crippen LogP contribution < -0.4 is 10.6 Å². The van der Waals surface area contributed by atoms with Gasteiger partial charge in [0.2, 0.25) is 5.91 Å². The van der Waals surface area contributed by atoms with Gasteiger partial charge in [-0.05, 0) is 37.8 Å². The lowest BCUT2D eigenvalue weighted by Gasteiger charge is -2.35. The molecule has 2 atom stereocenters. The van der Waals surface area contributed by atoms with Gasteiger partial charge in [0.15, 0.2) is 0 Å². The smallest absolute Gasteiger partial charge is 0.263 e. The van der Waals surface area contributed by atoms with E-state index >= 15 is 0 Å². The SMILES string of the molecule is CC(=O)NCc1ccc(C(=O)N(C)C2CC3CCC(C2)N3)s1. The molecular formula is C16H23N3O2S. The molecule has 2 unspecified atom stereocenters. The molecular weight excluding hydrogens is 298 g/mol. The molecule has 0 aliphatic carbocycles. The van der Waals surface area contributed by atoms with Crippen LogP contribution in [0.3, 0.4) is 0 Å². The van der Waals surface area contributed by atoms with Gasteiger partial charge in [-0.15, -0.1) is 11.3 Å². The van der Waals surface area contributed by atoms with E-state index in [0.29, 0.717) is 24.7 Å². The summed E-state index contributed by atoms with van der Waals surface area (Å²) < 4.78 is 0. The quantitative estimate of drug-likeness (QED) is 0.888. The molecule has 5 nitrogen and oxygen atoms in total. The summed E-state index contributed by atoms with van der Waals surface area (Å²) in [5.41, 5.74) is 0. The van der Waals surface area contributed by atoms with E-state index < -0.39 is 0 Å². The van der Waals surface area contributed by atoms with Gasteiger partial charge in [0.05, 0.1) is 11.4 Å². The van der Waals surface area contributed by atoms with Gasteiger partial charge in [0.1, 0.15) is 0 Å². The van der Waals surface area contributed by atoms with Gasteiger partial charge in [0, 0.05) is 37.0 Å². The minimum Gasteiger partial charge on any atom is -0.351 e. The van der Waals surface area contributed by atoms with E-state index in [0.717, 1.165) is 22.6 Å². The molecule has 2 fully saturated rings. The normalized spacial score (nSPS) is 26.7. The zero-order valence-electron chi connectivity index (χ0n) is 13.1. The Balaban J connectivity index is 1.62. The van der Waals surface area contributed by atoms with Crippen LogP contribution in [-0.2, 0) is 11.3 Å². The fourth-order valence-corrected chi connectivity index (χ4v) is 4.41. The average Bonchev–Trinajstić information content (AvgIpc) is 3.10. The Morgan fingerprint density at radius 2 is 2.00 bits per heavy atom. The summed E-state index contributed by atoms with van der Waals surface area (Å²) in [6, 6.07) is 5.30. The highest BCUT2D eigenvalue weighted by molar-refractivity contribution is 7.14. The van der Waals surface area contributed by atoms with Crippen molar-refractivity contribution in [3.05, 3.63) is 21.9 Å². The molecule has 2 saturated heterocycles. The van der Waals surface area contributed by atoms with Crippen molar-refractivity contribution in [2.75, 3.05) is 7.05 Å². The lowest BCUT2D eigenvalue weighted by molar-refractivity contribution is -0.119. The van der Waals surface area contributed by atoms with Crippen LogP contribution in [0.4, 0.5) is 0 Å².